The summed E-state index contributed by atoms with van der Waals surface area (Å²) < 4.78 is 0. The Morgan fingerprint density at radius 1 is 1.21 bits per heavy atom. The third-order valence-electron chi connectivity index (χ3n) is 4.77. The number of rotatable bonds is 3. The summed E-state index contributed by atoms with van der Waals surface area (Å²) in [5, 5.41) is 0. The minimum atomic E-state index is 0.261. The van der Waals surface area contributed by atoms with Crippen molar-refractivity contribution in [2.45, 2.75) is 57.5 Å². The van der Waals surface area contributed by atoms with E-state index in [2.05, 4.69) is 18.1 Å². The predicted molar refractivity (Wildman–Crippen MR) is 82.7 cm³/mol. The van der Waals surface area contributed by atoms with E-state index in [-0.39, 0.29) is 6.03 Å². The lowest BCUT2D eigenvalue weighted by Gasteiger charge is -2.28. The molecule has 1 saturated heterocycles. The van der Waals surface area contributed by atoms with E-state index in [0.29, 0.717) is 12.1 Å². The van der Waals surface area contributed by atoms with Gasteiger partial charge in [0, 0.05) is 19.3 Å². The van der Waals surface area contributed by atoms with Crippen molar-refractivity contribution >= 4 is 17.8 Å². The van der Waals surface area contributed by atoms with E-state index in [1.165, 1.54) is 38.5 Å². The van der Waals surface area contributed by atoms with Crippen LogP contribution >= 0.6 is 11.8 Å². The maximum Gasteiger partial charge on any atom is 0.320 e. The van der Waals surface area contributed by atoms with Gasteiger partial charge in [-0.15, -0.1) is 0 Å². The fourth-order valence-corrected chi connectivity index (χ4v) is 4.00. The Balaban J connectivity index is 2.11. The van der Waals surface area contributed by atoms with Gasteiger partial charge in [0.1, 0.15) is 0 Å². The van der Waals surface area contributed by atoms with Crippen molar-refractivity contribution in [3.8, 4) is 0 Å². The second kappa shape index (κ2) is 6.87. The molecule has 3 nitrogen and oxygen atoms in total. The van der Waals surface area contributed by atoms with Gasteiger partial charge in [0.05, 0.1) is 12.1 Å². The summed E-state index contributed by atoms with van der Waals surface area (Å²) in [6, 6.07) is 1.17. The van der Waals surface area contributed by atoms with Crippen molar-refractivity contribution in [3.05, 3.63) is 0 Å². The van der Waals surface area contributed by atoms with E-state index >= 15 is 0 Å². The number of urea groups is 1. The van der Waals surface area contributed by atoms with Gasteiger partial charge in [0.15, 0.2) is 0 Å². The van der Waals surface area contributed by atoms with Gasteiger partial charge in [0.25, 0.3) is 0 Å². The number of likely N-dealkylation sites (N-methyl/N-ethyl adjacent to an activating group) is 1. The van der Waals surface area contributed by atoms with Gasteiger partial charge < -0.3 is 9.80 Å². The van der Waals surface area contributed by atoms with Gasteiger partial charge in [-0.25, -0.2) is 4.79 Å². The van der Waals surface area contributed by atoms with E-state index in [1.807, 2.05) is 23.7 Å². The summed E-state index contributed by atoms with van der Waals surface area (Å²) in [6.07, 6.45) is 9.81. The van der Waals surface area contributed by atoms with Gasteiger partial charge >= 0.3 is 6.03 Å². The molecule has 4 heteroatoms. The number of thioether (sulfide) groups is 1. The molecule has 2 fully saturated rings. The lowest BCUT2D eigenvalue weighted by molar-refractivity contribution is 0.192. The van der Waals surface area contributed by atoms with Crippen molar-refractivity contribution in [2.24, 2.45) is 5.92 Å². The minimum Gasteiger partial charge on any atom is -0.323 e. The molecule has 0 aromatic heterocycles. The van der Waals surface area contributed by atoms with Gasteiger partial charge in [-0.2, -0.15) is 11.8 Å². The first-order valence-corrected chi connectivity index (χ1v) is 9.07. The van der Waals surface area contributed by atoms with Crippen molar-refractivity contribution in [1.29, 1.82) is 0 Å². The van der Waals surface area contributed by atoms with Crippen LogP contribution < -0.4 is 0 Å². The van der Waals surface area contributed by atoms with E-state index in [4.69, 9.17) is 0 Å². The summed E-state index contributed by atoms with van der Waals surface area (Å²) in [5.41, 5.74) is 0. The van der Waals surface area contributed by atoms with Gasteiger partial charge in [0.2, 0.25) is 0 Å². The van der Waals surface area contributed by atoms with Crippen LogP contribution in [0.1, 0.15) is 45.4 Å². The first-order chi connectivity index (χ1) is 9.15. The Hall–Kier alpha value is -0.380. The molecule has 110 valence electrons. The predicted octanol–water partition coefficient (Wildman–Crippen LogP) is 3.44. The monoisotopic (exact) mass is 284 g/mol. The summed E-state index contributed by atoms with van der Waals surface area (Å²) in [6.45, 7) is 3.27. The molecule has 0 spiro atoms. The van der Waals surface area contributed by atoms with Gasteiger partial charge in [-0.3, -0.25) is 0 Å². The maximum absolute atomic E-state index is 12.4. The molecular weight excluding hydrogens is 256 g/mol. The van der Waals surface area contributed by atoms with Crippen LogP contribution in [-0.2, 0) is 0 Å². The molecule has 0 aromatic carbocycles. The number of carbonyl (C=O) groups is 1. The summed E-state index contributed by atoms with van der Waals surface area (Å²) in [5.74, 6) is 1.81. The topological polar surface area (TPSA) is 23.6 Å². The second-order valence-electron chi connectivity index (χ2n) is 6.19. The van der Waals surface area contributed by atoms with Crippen LogP contribution in [0.15, 0.2) is 0 Å². The molecule has 0 aromatic rings. The molecule has 2 amide bonds. The molecule has 3 unspecified atom stereocenters. The standard InChI is InChI=1S/C15H28N2OS/c1-12-7-5-4-6-8-13-14(11-12)16(2)15(18)17(13)9-10-19-3/h12-14H,4-11H2,1-3H3. The number of hydrogen-bond donors (Lipinski definition) is 0. The average Bonchev–Trinajstić information content (AvgIpc) is 2.66. The van der Waals surface area contributed by atoms with Gasteiger partial charge in [-0.1, -0.05) is 32.6 Å². The second-order valence-corrected chi connectivity index (χ2v) is 7.18. The molecule has 1 heterocycles. The zero-order valence-electron chi connectivity index (χ0n) is 12.6. The third-order valence-corrected chi connectivity index (χ3v) is 5.36. The Labute approximate surface area is 122 Å². The van der Waals surface area contributed by atoms with Crippen LogP contribution in [0.25, 0.3) is 0 Å². The van der Waals surface area contributed by atoms with E-state index in [1.54, 1.807) is 0 Å². The zero-order chi connectivity index (χ0) is 13.8. The number of fused-ring (bicyclic) bond motifs is 1. The van der Waals surface area contributed by atoms with E-state index in [0.717, 1.165) is 18.2 Å². The highest BCUT2D eigenvalue weighted by Gasteiger charge is 2.43. The molecule has 2 rings (SSSR count). The SMILES string of the molecule is CSCCN1C(=O)N(C)C2CC(C)CCCCCC21. The van der Waals surface area contributed by atoms with E-state index < -0.39 is 0 Å². The largest absolute Gasteiger partial charge is 0.323 e. The quantitative estimate of drug-likeness (QED) is 0.792. The smallest absolute Gasteiger partial charge is 0.320 e. The molecule has 19 heavy (non-hydrogen) atoms. The summed E-state index contributed by atoms with van der Waals surface area (Å²) in [7, 11) is 2.00. The van der Waals surface area contributed by atoms with Crippen LogP contribution in [0, 0.1) is 5.92 Å². The van der Waals surface area contributed by atoms with Crippen LogP contribution in [0.4, 0.5) is 4.79 Å². The maximum atomic E-state index is 12.4. The normalized spacial score (nSPS) is 32.8. The minimum absolute atomic E-state index is 0.261. The molecular formula is C15H28N2OS. The molecule has 1 aliphatic carbocycles. The van der Waals surface area contributed by atoms with Crippen molar-refractivity contribution in [3.63, 3.8) is 0 Å². The van der Waals surface area contributed by atoms with Crippen molar-refractivity contribution in [1.82, 2.24) is 9.80 Å². The number of nitrogens with zero attached hydrogens (tertiary/aromatic N) is 2. The third kappa shape index (κ3) is 3.39. The summed E-state index contributed by atoms with van der Waals surface area (Å²) in [4.78, 5) is 16.6. The highest BCUT2D eigenvalue weighted by atomic mass is 32.2. The van der Waals surface area contributed by atoms with Crippen LogP contribution in [0.2, 0.25) is 0 Å². The Morgan fingerprint density at radius 3 is 2.68 bits per heavy atom. The molecule has 0 radical (unpaired) electrons. The highest BCUT2D eigenvalue weighted by Crippen LogP contribution is 2.32. The first-order valence-electron chi connectivity index (χ1n) is 7.67. The Bertz CT molecular complexity index is 311. The molecule has 0 bridgehead atoms. The van der Waals surface area contributed by atoms with Crippen molar-refractivity contribution in [2.75, 3.05) is 25.6 Å². The van der Waals surface area contributed by atoms with Crippen LogP contribution in [0.5, 0.6) is 0 Å². The molecule has 1 aliphatic heterocycles. The molecule has 3 atom stereocenters. The van der Waals surface area contributed by atoms with Crippen molar-refractivity contribution < 1.29 is 4.79 Å². The van der Waals surface area contributed by atoms with E-state index in [9.17, 15) is 4.79 Å². The summed E-state index contributed by atoms with van der Waals surface area (Å²) >= 11 is 1.83. The first kappa shape index (κ1) is 15.0. The molecule has 2 aliphatic rings. The van der Waals surface area contributed by atoms with Gasteiger partial charge in [-0.05, 0) is 25.0 Å². The average molecular weight is 284 g/mol. The molecule has 1 saturated carbocycles. The zero-order valence-corrected chi connectivity index (χ0v) is 13.4. The van der Waals surface area contributed by atoms with Crippen LogP contribution in [0.3, 0.4) is 0 Å². The number of hydrogen-bond acceptors (Lipinski definition) is 2. The Morgan fingerprint density at radius 2 is 1.95 bits per heavy atom. The fraction of sp³-hybridized carbons (Fsp3) is 0.933. The lowest BCUT2D eigenvalue weighted by Crippen LogP contribution is -2.38. The molecule has 0 N–H and O–H groups in total. The number of carbonyl (C=O) groups excluding carboxylic acids is 1. The highest BCUT2D eigenvalue weighted by molar-refractivity contribution is 7.98. The lowest BCUT2D eigenvalue weighted by atomic mass is 9.93. The number of amides is 2. The Kier molecular flexibility index (Phi) is 5.43. The fourth-order valence-electron chi connectivity index (χ4n) is 3.62. The van der Waals surface area contributed by atoms with Crippen LogP contribution in [-0.4, -0.2) is 53.5 Å².